The normalized spacial score (nSPS) is 15.8. The summed E-state index contributed by atoms with van der Waals surface area (Å²) in [5.41, 5.74) is 3.42. The van der Waals surface area contributed by atoms with Crippen molar-refractivity contribution in [1.29, 1.82) is 0 Å². The number of hydrogen-bond acceptors (Lipinski definition) is 9. The second-order valence-corrected chi connectivity index (χ2v) is 11.0. The van der Waals surface area contributed by atoms with Crippen LogP contribution in [0.2, 0.25) is 0 Å². The van der Waals surface area contributed by atoms with Gasteiger partial charge in [0.2, 0.25) is 0 Å². The number of methoxy groups -OCH3 is 1. The molecule has 0 spiro atoms. The third-order valence-corrected chi connectivity index (χ3v) is 8.54. The number of ether oxygens (including phenoxy) is 1. The lowest BCUT2D eigenvalue weighted by Crippen LogP contribution is -2.36. The summed E-state index contributed by atoms with van der Waals surface area (Å²) < 4.78 is 5.64. The van der Waals surface area contributed by atoms with Crippen molar-refractivity contribution in [2.24, 2.45) is 0 Å². The smallest absolute Gasteiger partial charge is 0.251 e. The van der Waals surface area contributed by atoms with Gasteiger partial charge in [0.25, 0.3) is 5.91 Å². The van der Waals surface area contributed by atoms with Crippen LogP contribution in [-0.2, 0) is 0 Å². The number of piperidine rings is 1. The van der Waals surface area contributed by atoms with Crippen LogP contribution in [0, 0.1) is 0 Å². The maximum Gasteiger partial charge on any atom is 0.251 e. The minimum absolute atomic E-state index is 0.131. The molecule has 3 N–H and O–H groups in total. The van der Waals surface area contributed by atoms with E-state index in [1.807, 2.05) is 30.5 Å². The predicted octanol–water partition coefficient (Wildman–Crippen LogP) is 4.36. The zero-order valence-corrected chi connectivity index (χ0v) is 24.2. The molecule has 0 aliphatic carbocycles. The van der Waals surface area contributed by atoms with Crippen LogP contribution in [0.4, 0.5) is 11.6 Å². The molecule has 1 aliphatic rings. The van der Waals surface area contributed by atoms with Gasteiger partial charge in [-0.05, 0) is 75.0 Å². The lowest BCUT2D eigenvalue weighted by Gasteiger charge is -2.29. The number of amides is 1. The summed E-state index contributed by atoms with van der Waals surface area (Å²) in [6.45, 7) is 5.11. The number of likely N-dealkylation sites (tertiary alicyclic amines) is 1. The first kappa shape index (κ1) is 28.6. The molecule has 2 unspecified atom stereocenters. The van der Waals surface area contributed by atoms with Crippen molar-refractivity contribution in [2.45, 2.75) is 37.0 Å². The zero-order chi connectivity index (χ0) is 27.8. The van der Waals surface area contributed by atoms with Crippen LogP contribution in [0.3, 0.4) is 0 Å². The topological polar surface area (TPSA) is 104 Å². The molecule has 2 aromatic heterocycles. The molecular weight excluding hydrogens is 510 g/mol. The van der Waals surface area contributed by atoms with Crippen LogP contribution in [0.5, 0.6) is 5.75 Å². The van der Waals surface area contributed by atoms with E-state index in [-0.39, 0.29) is 17.1 Å². The summed E-state index contributed by atoms with van der Waals surface area (Å²) in [5.74, 6) is 2.43. The summed E-state index contributed by atoms with van der Waals surface area (Å²) in [5, 5.41) is 9.96. The largest absolute Gasteiger partial charge is 0.496 e. The number of anilines is 2. The van der Waals surface area contributed by atoms with Crippen molar-refractivity contribution in [3.8, 4) is 17.0 Å². The Balaban J connectivity index is 1.39. The molecule has 208 valence electrons. The van der Waals surface area contributed by atoms with Gasteiger partial charge in [0.15, 0.2) is 0 Å². The van der Waals surface area contributed by atoms with E-state index >= 15 is 0 Å². The first-order valence-corrected chi connectivity index (χ1v) is 14.6. The number of nitrogens with zero attached hydrogens (tertiary/aromatic N) is 4. The summed E-state index contributed by atoms with van der Waals surface area (Å²) in [4.78, 5) is 28.0. The Bertz CT molecular complexity index is 1230. The molecule has 1 saturated heterocycles. The van der Waals surface area contributed by atoms with Gasteiger partial charge in [0.05, 0.1) is 12.8 Å². The van der Waals surface area contributed by atoms with E-state index in [1.165, 1.54) is 0 Å². The number of carbonyl (C=O) groups is 1. The second kappa shape index (κ2) is 13.6. The highest BCUT2D eigenvalue weighted by Crippen LogP contribution is 2.34. The van der Waals surface area contributed by atoms with E-state index in [9.17, 15) is 4.79 Å². The highest BCUT2D eigenvalue weighted by atomic mass is 32.2. The third kappa shape index (κ3) is 7.39. The maximum absolute atomic E-state index is 12.0. The second-order valence-electron chi connectivity index (χ2n) is 9.92. The summed E-state index contributed by atoms with van der Waals surface area (Å²) in [6, 6.07) is 12.1. The van der Waals surface area contributed by atoms with Crippen molar-refractivity contribution in [3.63, 3.8) is 0 Å². The highest BCUT2D eigenvalue weighted by molar-refractivity contribution is 7.99. The summed E-state index contributed by atoms with van der Waals surface area (Å²) in [6.07, 6.45) is 7.81. The lowest BCUT2D eigenvalue weighted by molar-refractivity contribution is 0.0962. The summed E-state index contributed by atoms with van der Waals surface area (Å²) in [7, 11) is 5.43. The maximum atomic E-state index is 12.0. The number of benzene rings is 1. The third-order valence-electron chi connectivity index (χ3n) is 7.35. The van der Waals surface area contributed by atoms with E-state index in [2.05, 4.69) is 62.1 Å². The molecule has 1 aliphatic heterocycles. The fraction of sp³-hybridized carbons (Fsp3) is 0.448. The molecule has 2 atom stereocenters. The van der Waals surface area contributed by atoms with Gasteiger partial charge in [-0.15, -0.1) is 0 Å². The monoisotopic (exact) mass is 549 g/mol. The number of nitrogens with one attached hydrogen (secondary N) is 3. The number of thioether (sulfide) groups is 1. The fourth-order valence-corrected chi connectivity index (χ4v) is 5.65. The Morgan fingerprint density at radius 1 is 1.13 bits per heavy atom. The van der Waals surface area contributed by atoms with Gasteiger partial charge in [-0.2, -0.15) is 11.8 Å². The molecule has 3 heterocycles. The predicted molar refractivity (Wildman–Crippen MR) is 160 cm³/mol. The van der Waals surface area contributed by atoms with Crippen molar-refractivity contribution in [1.82, 2.24) is 25.2 Å². The minimum Gasteiger partial charge on any atom is -0.496 e. The molecule has 3 aromatic rings. The van der Waals surface area contributed by atoms with Gasteiger partial charge < -0.3 is 25.6 Å². The Kier molecular flexibility index (Phi) is 10.00. The molecule has 10 heteroatoms. The van der Waals surface area contributed by atoms with E-state index in [0.717, 1.165) is 54.4 Å². The van der Waals surface area contributed by atoms with E-state index < -0.39 is 0 Å². The molecule has 1 amide bonds. The van der Waals surface area contributed by atoms with Gasteiger partial charge in [0.1, 0.15) is 23.7 Å². The number of pyridine rings is 1. The average Bonchev–Trinajstić information content (AvgIpc) is 2.98. The van der Waals surface area contributed by atoms with Crippen molar-refractivity contribution < 1.29 is 9.53 Å². The standard InChI is InChI=1S/C29H39N7O2S/c1-19(23-8-6-20(29(37)30-2)14-25(23)38-4)26(39-5)17-32-28-15-24(33-18-34-28)21-7-9-27(31-16-21)35-22-10-12-36(3)13-11-22/h6-9,14-16,18-19,22,26H,10-13,17H2,1-5H3,(H,30,37)(H,31,35)(H,32,33,34). The van der Waals surface area contributed by atoms with Crippen LogP contribution < -0.4 is 20.7 Å². The van der Waals surface area contributed by atoms with E-state index in [0.29, 0.717) is 23.9 Å². The van der Waals surface area contributed by atoms with Crippen LogP contribution in [0.15, 0.2) is 48.9 Å². The Morgan fingerprint density at radius 3 is 2.59 bits per heavy atom. The quantitative estimate of drug-likeness (QED) is 0.322. The van der Waals surface area contributed by atoms with Gasteiger partial charge >= 0.3 is 0 Å². The van der Waals surface area contributed by atoms with Crippen molar-refractivity contribution in [3.05, 3.63) is 60.0 Å². The highest BCUT2D eigenvalue weighted by Gasteiger charge is 2.23. The van der Waals surface area contributed by atoms with Crippen LogP contribution in [0.25, 0.3) is 11.3 Å². The lowest BCUT2D eigenvalue weighted by atomic mass is 9.95. The molecule has 39 heavy (non-hydrogen) atoms. The fourth-order valence-electron chi connectivity index (χ4n) is 4.85. The van der Waals surface area contributed by atoms with E-state index in [4.69, 9.17) is 4.74 Å². The Morgan fingerprint density at radius 2 is 1.92 bits per heavy atom. The molecule has 1 aromatic carbocycles. The molecule has 4 rings (SSSR count). The van der Waals surface area contributed by atoms with Gasteiger partial charge in [-0.25, -0.2) is 15.0 Å². The van der Waals surface area contributed by atoms with Gasteiger partial charge in [-0.3, -0.25) is 4.79 Å². The summed E-state index contributed by atoms with van der Waals surface area (Å²) >= 11 is 1.78. The average molecular weight is 550 g/mol. The molecule has 1 fully saturated rings. The Labute approximate surface area is 235 Å². The number of hydrogen-bond donors (Lipinski definition) is 3. The molecule has 0 saturated carbocycles. The molecule has 0 bridgehead atoms. The number of aromatic nitrogens is 3. The number of rotatable bonds is 11. The minimum atomic E-state index is -0.131. The zero-order valence-electron chi connectivity index (χ0n) is 23.4. The Hall–Kier alpha value is -3.37. The van der Waals surface area contributed by atoms with Crippen LogP contribution in [0.1, 0.15) is 41.6 Å². The molecular formula is C29H39N7O2S. The van der Waals surface area contributed by atoms with Crippen LogP contribution in [-0.4, -0.2) is 84.1 Å². The molecule has 0 radical (unpaired) electrons. The van der Waals surface area contributed by atoms with Crippen molar-refractivity contribution in [2.75, 3.05) is 57.7 Å². The van der Waals surface area contributed by atoms with Crippen molar-refractivity contribution >= 4 is 29.3 Å². The molecule has 9 nitrogen and oxygen atoms in total. The van der Waals surface area contributed by atoms with Gasteiger partial charge in [0, 0.05) is 48.3 Å². The number of carbonyl (C=O) groups excluding carboxylic acids is 1. The SMILES string of the molecule is CNC(=O)c1ccc(C(C)C(CNc2cc(-c3ccc(NC4CCN(C)CC4)nc3)ncn2)SC)c(OC)c1. The van der Waals surface area contributed by atoms with Gasteiger partial charge in [-0.1, -0.05) is 13.0 Å². The van der Waals surface area contributed by atoms with Crippen LogP contribution >= 0.6 is 11.8 Å². The van der Waals surface area contributed by atoms with E-state index in [1.54, 1.807) is 38.3 Å². The first-order valence-electron chi connectivity index (χ1n) is 13.3. The first-order chi connectivity index (χ1) is 18.9.